The van der Waals surface area contributed by atoms with E-state index in [9.17, 15) is 9.59 Å². The number of hydrogen-bond acceptors (Lipinski definition) is 4. The maximum atomic E-state index is 12.2. The minimum Gasteiger partial charge on any atom is -0.487 e. The molecule has 1 aliphatic rings. The van der Waals surface area contributed by atoms with Gasteiger partial charge in [-0.2, -0.15) is 0 Å². The second-order valence-corrected chi connectivity index (χ2v) is 5.48. The number of aliphatic carboxylic acids is 1. The van der Waals surface area contributed by atoms with Crippen LogP contribution in [0.3, 0.4) is 0 Å². The van der Waals surface area contributed by atoms with Crippen molar-refractivity contribution in [3.63, 3.8) is 0 Å². The molecular weight excluding hydrogens is 310 g/mol. The van der Waals surface area contributed by atoms with Crippen LogP contribution in [0.2, 0.25) is 5.02 Å². The number of halogens is 1. The second-order valence-electron chi connectivity index (χ2n) is 5.08. The van der Waals surface area contributed by atoms with Crippen LogP contribution in [0.25, 0.3) is 0 Å². The smallest absolute Gasteiger partial charge is 0.307 e. The fourth-order valence-electron chi connectivity index (χ4n) is 2.32. The van der Waals surface area contributed by atoms with Crippen LogP contribution in [-0.2, 0) is 14.3 Å². The van der Waals surface area contributed by atoms with Crippen molar-refractivity contribution >= 4 is 29.2 Å². The quantitative estimate of drug-likeness (QED) is 0.751. The number of hydrogen-bond donors (Lipinski definition) is 2. The number of para-hydroxylation sites is 1. The molecule has 0 heterocycles. The SMILES string of the molecule is COCCOc1c(Cl)cccc1NC(=O)C1CCC1C(=O)O. The van der Waals surface area contributed by atoms with Gasteiger partial charge >= 0.3 is 5.97 Å². The molecule has 120 valence electrons. The molecule has 2 rings (SSSR count). The Morgan fingerprint density at radius 2 is 2.05 bits per heavy atom. The van der Waals surface area contributed by atoms with Gasteiger partial charge < -0.3 is 19.9 Å². The zero-order chi connectivity index (χ0) is 16.1. The molecule has 7 heteroatoms. The number of anilines is 1. The molecule has 2 unspecified atom stereocenters. The van der Waals surface area contributed by atoms with E-state index in [0.717, 1.165) is 0 Å². The summed E-state index contributed by atoms with van der Waals surface area (Å²) in [6.45, 7) is 0.687. The number of carboxylic acids is 1. The second kappa shape index (κ2) is 7.47. The Morgan fingerprint density at radius 3 is 2.64 bits per heavy atom. The van der Waals surface area contributed by atoms with Gasteiger partial charge in [0.25, 0.3) is 0 Å². The lowest BCUT2D eigenvalue weighted by atomic mass is 9.73. The van der Waals surface area contributed by atoms with Gasteiger partial charge in [0.05, 0.1) is 29.2 Å². The Morgan fingerprint density at radius 1 is 1.32 bits per heavy atom. The standard InChI is InChI=1S/C15H18ClNO5/c1-21-7-8-22-13-11(16)3-2-4-12(13)17-14(18)9-5-6-10(9)15(19)20/h2-4,9-10H,5-8H2,1H3,(H,17,18)(H,19,20). The van der Waals surface area contributed by atoms with Crippen LogP contribution in [0.1, 0.15) is 12.8 Å². The molecule has 0 saturated heterocycles. The van der Waals surface area contributed by atoms with Gasteiger partial charge in [0, 0.05) is 7.11 Å². The first kappa shape index (κ1) is 16.6. The zero-order valence-electron chi connectivity index (χ0n) is 12.2. The number of ether oxygens (including phenoxy) is 2. The number of nitrogens with one attached hydrogen (secondary N) is 1. The van der Waals surface area contributed by atoms with Crippen molar-refractivity contribution < 1.29 is 24.2 Å². The van der Waals surface area contributed by atoms with Crippen LogP contribution < -0.4 is 10.1 Å². The minimum absolute atomic E-state index is 0.296. The van der Waals surface area contributed by atoms with E-state index < -0.39 is 17.8 Å². The van der Waals surface area contributed by atoms with E-state index in [-0.39, 0.29) is 5.91 Å². The van der Waals surface area contributed by atoms with Crippen LogP contribution in [-0.4, -0.2) is 37.3 Å². The van der Waals surface area contributed by atoms with Crippen LogP contribution >= 0.6 is 11.6 Å². The molecule has 1 aliphatic carbocycles. The molecular formula is C15H18ClNO5. The molecule has 0 aliphatic heterocycles. The number of benzene rings is 1. The summed E-state index contributed by atoms with van der Waals surface area (Å²) in [6, 6.07) is 5.01. The van der Waals surface area contributed by atoms with E-state index in [1.54, 1.807) is 25.3 Å². The highest BCUT2D eigenvalue weighted by molar-refractivity contribution is 6.32. The van der Waals surface area contributed by atoms with Gasteiger partial charge in [0.2, 0.25) is 5.91 Å². The molecule has 0 aromatic heterocycles. The number of carbonyl (C=O) groups is 2. The normalized spacial score (nSPS) is 20.1. The van der Waals surface area contributed by atoms with Crippen LogP contribution in [0, 0.1) is 11.8 Å². The summed E-state index contributed by atoms with van der Waals surface area (Å²) in [5.41, 5.74) is 0.435. The number of carboxylic acid groups (broad SMARTS) is 1. The molecule has 1 amide bonds. The molecule has 1 aromatic rings. The third-order valence-corrected chi connectivity index (χ3v) is 3.98. The lowest BCUT2D eigenvalue weighted by Gasteiger charge is -2.32. The van der Waals surface area contributed by atoms with E-state index >= 15 is 0 Å². The van der Waals surface area contributed by atoms with Gasteiger partial charge in [0.1, 0.15) is 6.61 Å². The number of methoxy groups -OCH3 is 1. The molecule has 1 aromatic carbocycles. The first-order chi connectivity index (χ1) is 10.5. The zero-order valence-corrected chi connectivity index (χ0v) is 12.9. The Balaban J connectivity index is 2.07. The molecule has 0 bridgehead atoms. The third kappa shape index (κ3) is 3.69. The topological polar surface area (TPSA) is 84.9 Å². The van der Waals surface area contributed by atoms with Gasteiger partial charge in [-0.3, -0.25) is 9.59 Å². The van der Waals surface area contributed by atoms with Crippen LogP contribution in [0.15, 0.2) is 18.2 Å². The van der Waals surface area contributed by atoms with E-state index in [4.69, 9.17) is 26.2 Å². The highest BCUT2D eigenvalue weighted by Gasteiger charge is 2.41. The predicted molar refractivity (Wildman–Crippen MR) is 81.3 cm³/mol. The Bertz CT molecular complexity index is 563. The van der Waals surface area contributed by atoms with Crippen LogP contribution in [0.4, 0.5) is 5.69 Å². The fourth-order valence-corrected chi connectivity index (χ4v) is 2.54. The monoisotopic (exact) mass is 327 g/mol. The summed E-state index contributed by atoms with van der Waals surface area (Å²) in [4.78, 5) is 23.2. The lowest BCUT2D eigenvalue weighted by Crippen LogP contribution is -2.41. The summed E-state index contributed by atoms with van der Waals surface area (Å²) in [5.74, 6) is -2.02. The summed E-state index contributed by atoms with van der Waals surface area (Å²) < 4.78 is 10.4. The van der Waals surface area contributed by atoms with Crippen molar-refractivity contribution in [1.82, 2.24) is 0 Å². The number of amides is 1. The van der Waals surface area contributed by atoms with Crippen molar-refractivity contribution in [2.45, 2.75) is 12.8 Å². The molecule has 2 atom stereocenters. The summed E-state index contributed by atoms with van der Waals surface area (Å²) in [5, 5.41) is 12.1. The summed E-state index contributed by atoms with van der Waals surface area (Å²) in [7, 11) is 1.56. The third-order valence-electron chi connectivity index (χ3n) is 3.69. The maximum absolute atomic E-state index is 12.2. The summed E-state index contributed by atoms with van der Waals surface area (Å²) >= 11 is 6.09. The highest BCUT2D eigenvalue weighted by Crippen LogP contribution is 2.37. The Labute approximate surface area is 133 Å². The minimum atomic E-state index is -0.936. The number of carbonyl (C=O) groups excluding carboxylic acids is 1. The van der Waals surface area contributed by atoms with Gasteiger partial charge in [-0.1, -0.05) is 17.7 Å². The van der Waals surface area contributed by atoms with E-state index in [1.807, 2.05) is 0 Å². The maximum Gasteiger partial charge on any atom is 0.307 e. The van der Waals surface area contributed by atoms with Crippen LogP contribution in [0.5, 0.6) is 5.75 Å². The average molecular weight is 328 g/mol. The van der Waals surface area contributed by atoms with Crippen molar-refractivity contribution in [3.8, 4) is 5.75 Å². The van der Waals surface area contributed by atoms with Crippen molar-refractivity contribution in [1.29, 1.82) is 0 Å². The first-order valence-corrected chi connectivity index (χ1v) is 7.36. The van der Waals surface area contributed by atoms with E-state index in [0.29, 0.717) is 42.5 Å². The van der Waals surface area contributed by atoms with E-state index in [1.165, 1.54) is 0 Å². The summed E-state index contributed by atoms with van der Waals surface area (Å²) in [6.07, 6.45) is 1.10. The molecule has 6 nitrogen and oxygen atoms in total. The van der Waals surface area contributed by atoms with Gasteiger partial charge in [0.15, 0.2) is 5.75 Å². The van der Waals surface area contributed by atoms with Crippen molar-refractivity contribution in [2.24, 2.45) is 11.8 Å². The predicted octanol–water partition coefficient (Wildman–Crippen LogP) is 2.41. The molecule has 1 fully saturated rings. The molecule has 2 N–H and O–H groups in total. The Kier molecular flexibility index (Phi) is 5.63. The fraction of sp³-hybridized carbons (Fsp3) is 0.467. The molecule has 0 radical (unpaired) electrons. The van der Waals surface area contributed by atoms with Gasteiger partial charge in [-0.15, -0.1) is 0 Å². The lowest BCUT2D eigenvalue weighted by molar-refractivity contribution is -0.151. The largest absolute Gasteiger partial charge is 0.487 e. The first-order valence-electron chi connectivity index (χ1n) is 6.98. The highest BCUT2D eigenvalue weighted by atomic mass is 35.5. The Hall–Kier alpha value is -1.79. The van der Waals surface area contributed by atoms with Crippen molar-refractivity contribution in [2.75, 3.05) is 25.6 Å². The van der Waals surface area contributed by atoms with Gasteiger partial charge in [-0.25, -0.2) is 0 Å². The average Bonchev–Trinajstić information content (AvgIpc) is 2.40. The van der Waals surface area contributed by atoms with Crippen molar-refractivity contribution in [3.05, 3.63) is 23.2 Å². The molecule has 1 saturated carbocycles. The molecule has 22 heavy (non-hydrogen) atoms. The van der Waals surface area contributed by atoms with Gasteiger partial charge in [-0.05, 0) is 25.0 Å². The van der Waals surface area contributed by atoms with E-state index in [2.05, 4.69) is 5.32 Å². The number of rotatable bonds is 7. The molecule has 0 spiro atoms.